The van der Waals surface area contributed by atoms with Gasteiger partial charge >= 0.3 is 0 Å². The van der Waals surface area contributed by atoms with Crippen LogP contribution in [0, 0.1) is 5.82 Å². The van der Waals surface area contributed by atoms with Crippen molar-refractivity contribution in [2.75, 3.05) is 24.6 Å². The second kappa shape index (κ2) is 9.39. The molecule has 3 N–H and O–H groups in total. The van der Waals surface area contributed by atoms with Crippen molar-refractivity contribution in [3.05, 3.63) is 53.6 Å². The molecule has 0 bridgehead atoms. The fraction of sp³-hybridized carbons (Fsp3) is 0.400. The number of aliphatic hydroxyl groups is 1. The summed E-state index contributed by atoms with van der Waals surface area (Å²) in [4.78, 5) is 6.87. The first-order valence-electron chi connectivity index (χ1n) is 9.54. The van der Waals surface area contributed by atoms with Gasteiger partial charge in [-0.05, 0) is 50.1 Å². The van der Waals surface area contributed by atoms with Gasteiger partial charge < -0.3 is 20.5 Å². The van der Waals surface area contributed by atoms with Gasteiger partial charge in [0.15, 0.2) is 5.65 Å². The Balaban J connectivity index is 0.00000240. The fourth-order valence-electron chi connectivity index (χ4n) is 3.72. The molecule has 1 atom stereocenters. The van der Waals surface area contributed by atoms with E-state index in [9.17, 15) is 9.50 Å². The highest BCUT2D eigenvalue weighted by Gasteiger charge is 2.30. The maximum absolute atomic E-state index is 14.0. The Hall–Kier alpha value is -2.42. The molecule has 156 valence electrons. The monoisotopic (exact) mass is 421 g/mol. The molecular weight excluding hydrogens is 397 g/mol. The second-order valence-electron chi connectivity index (χ2n) is 6.91. The number of anilines is 1. The molecule has 0 saturated carbocycles. The number of hydrogen-bond donors (Lipinski definition) is 2. The Bertz CT molecular complexity index is 967. The van der Waals surface area contributed by atoms with Crippen molar-refractivity contribution in [1.29, 1.82) is 0 Å². The zero-order valence-electron chi connectivity index (χ0n) is 16.0. The summed E-state index contributed by atoms with van der Waals surface area (Å²) in [6.07, 6.45) is 6.05. The van der Waals surface area contributed by atoms with Gasteiger partial charge in [0.2, 0.25) is 0 Å². The van der Waals surface area contributed by atoms with Gasteiger partial charge in [0.05, 0.1) is 25.5 Å². The number of hydrogen-bond acceptors (Lipinski definition) is 6. The zero-order chi connectivity index (χ0) is 19.5. The quantitative estimate of drug-likeness (QED) is 0.570. The van der Waals surface area contributed by atoms with Crippen molar-refractivity contribution in [3.63, 3.8) is 0 Å². The lowest BCUT2D eigenvalue weighted by Crippen LogP contribution is -2.24. The molecular formula is C20H25ClFN5O2. The molecule has 29 heavy (non-hydrogen) atoms. The van der Waals surface area contributed by atoms with Crippen LogP contribution in [0.5, 0.6) is 5.75 Å². The van der Waals surface area contributed by atoms with Crippen molar-refractivity contribution in [2.45, 2.75) is 31.9 Å². The molecule has 1 unspecified atom stereocenters. The molecule has 4 rings (SSSR count). The lowest BCUT2D eigenvalue weighted by atomic mass is 10.0. The third-order valence-electron chi connectivity index (χ3n) is 5.08. The number of rotatable bonds is 7. The van der Waals surface area contributed by atoms with Crippen molar-refractivity contribution in [3.8, 4) is 5.75 Å². The van der Waals surface area contributed by atoms with E-state index in [1.807, 2.05) is 12.3 Å². The Labute approximate surface area is 174 Å². The molecule has 3 aromatic rings. The van der Waals surface area contributed by atoms with E-state index in [0.717, 1.165) is 37.2 Å². The highest BCUT2D eigenvalue weighted by atomic mass is 35.5. The van der Waals surface area contributed by atoms with Gasteiger partial charge in [-0.1, -0.05) is 0 Å². The minimum absolute atomic E-state index is 0. The predicted octanol–water partition coefficient (Wildman–Crippen LogP) is 2.85. The van der Waals surface area contributed by atoms with E-state index in [4.69, 9.17) is 15.5 Å². The molecule has 7 nitrogen and oxygen atoms in total. The summed E-state index contributed by atoms with van der Waals surface area (Å²) in [5.74, 6) is 1.19. The van der Waals surface area contributed by atoms with E-state index in [1.54, 1.807) is 22.8 Å². The topological polar surface area (TPSA) is 88.9 Å². The molecule has 1 saturated heterocycles. The van der Waals surface area contributed by atoms with Crippen LogP contribution in [0.4, 0.5) is 10.2 Å². The molecule has 1 aliphatic rings. The molecule has 1 aliphatic heterocycles. The summed E-state index contributed by atoms with van der Waals surface area (Å²) in [7, 11) is 0. The molecule has 9 heteroatoms. The summed E-state index contributed by atoms with van der Waals surface area (Å²) >= 11 is 0. The first-order chi connectivity index (χ1) is 13.7. The maximum Gasteiger partial charge on any atom is 0.162 e. The van der Waals surface area contributed by atoms with Gasteiger partial charge in [-0.25, -0.2) is 13.9 Å². The summed E-state index contributed by atoms with van der Waals surface area (Å²) in [6.45, 7) is 1.75. The molecule has 0 radical (unpaired) electrons. The van der Waals surface area contributed by atoms with Crippen LogP contribution >= 0.6 is 12.4 Å². The second-order valence-corrected chi connectivity index (χ2v) is 6.91. The Morgan fingerprint density at radius 3 is 2.97 bits per heavy atom. The molecule has 3 heterocycles. The van der Waals surface area contributed by atoms with Crippen molar-refractivity contribution < 1.29 is 14.2 Å². The van der Waals surface area contributed by atoms with E-state index < -0.39 is 0 Å². The average Bonchev–Trinajstić information content (AvgIpc) is 3.35. The first kappa shape index (κ1) is 21.3. The summed E-state index contributed by atoms with van der Waals surface area (Å²) in [5, 5.41) is 13.7. The van der Waals surface area contributed by atoms with Crippen LogP contribution in [0.3, 0.4) is 0 Å². The van der Waals surface area contributed by atoms with Gasteiger partial charge in [-0.2, -0.15) is 5.10 Å². The molecule has 2 aromatic heterocycles. The SMILES string of the molecule is Cl.NCCCOc1ccc(F)cc1C1CCCN1c1ccn2ncc(CO)c2n1. The van der Waals surface area contributed by atoms with E-state index in [0.29, 0.717) is 30.1 Å². The van der Waals surface area contributed by atoms with E-state index in [1.165, 1.54) is 6.07 Å². The van der Waals surface area contributed by atoms with E-state index >= 15 is 0 Å². The smallest absolute Gasteiger partial charge is 0.162 e. The number of nitrogens with zero attached hydrogens (tertiary/aromatic N) is 4. The van der Waals surface area contributed by atoms with Crippen LogP contribution in [0.25, 0.3) is 5.65 Å². The number of benzene rings is 1. The average molecular weight is 422 g/mol. The number of aliphatic hydroxyl groups excluding tert-OH is 1. The van der Waals surface area contributed by atoms with Gasteiger partial charge in [-0.15, -0.1) is 12.4 Å². The van der Waals surface area contributed by atoms with Crippen molar-refractivity contribution >= 4 is 23.9 Å². The van der Waals surface area contributed by atoms with Crippen LogP contribution in [-0.2, 0) is 6.61 Å². The van der Waals surface area contributed by atoms with Gasteiger partial charge in [0.25, 0.3) is 0 Å². The normalized spacial score (nSPS) is 16.2. The zero-order valence-corrected chi connectivity index (χ0v) is 16.8. The molecule has 1 aromatic carbocycles. The molecule has 0 spiro atoms. The van der Waals surface area contributed by atoms with Gasteiger partial charge in [0, 0.05) is 23.9 Å². The number of nitrogens with two attached hydrogens (primary N) is 1. The highest BCUT2D eigenvalue weighted by molar-refractivity contribution is 5.85. The van der Waals surface area contributed by atoms with Gasteiger partial charge in [-0.3, -0.25) is 0 Å². The number of fused-ring (bicyclic) bond motifs is 1. The van der Waals surface area contributed by atoms with E-state index in [2.05, 4.69) is 10.00 Å². The Kier molecular flexibility index (Phi) is 6.89. The van der Waals surface area contributed by atoms with Crippen LogP contribution in [0.2, 0.25) is 0 Å². The lowest BCUT2D eigenvalue weighted by molar-refractivity contribution is 0.283. The summed E-state index contributed by atoms with van der Waals surface area (Å²) in [6, 6.07) is 6.53. The van der Waals surface area contributed by atoms with Crippen LogP contribution < -0.4 is 15.4 Å². The van der Waals surface area contributed by atoms with Crippen LogP contribution in [-0.4, -0.2) is 39.4 Å². The number of aromatic nitrogens is 3. The standard InChI is InChI=1S/C20H24FN5O2.ClH/c21-15-4-5-18(28-10-2-7-22)16(11-15)17-3-1-8-25(17)19-6-9-26-20(24-19)14(13-27)12-23-26;/h4-6,9,11-12,17,27H,1-3,7-8,10,13,22H2;1H. The molecule has 0 amide bonds. The largest absolute Gasteiger partial charge is 0.493 e. The number of ether oxygens (including phenoxy) is 1. The molecule has 1 fully saturated rings. The minimum Gasteiger partial charge on any atom is -0.493 e. The first-order valence-corrected chi connectivity index (χ1v) is 9.54. The predicted molar refractivity (Wildman–Crippen MR) is 111 cm³/mol. The Morgan fingerprint density at radius 1 is 1.31 bits per heavy atom. The third-order valence-corrected chi connectivity index (χ3v) is 5.08. The van der Waals surface area contributed by atoms with Crippen molar-refractivity contribution in [2.24, 2.45) is 5.73 Å². The summed E-state index contributed by atoms with van der Waals surface area (Å²) in [5.41, 5.74) is 7.68. The van der Waals surface area contributed by atoms with Gasteiger partial charge in [0.1, 0.15) is 17.4 Å². The van der Waals surface area contributed by atoms with Crippen molar-refractivity contribution in [1.82, 2.24) is 14.6 Å². The number of halogens is 2. The van der Waals surface area contributed by atoms with Crippen LogP contribution in [0.15, 0.2) is 36.7 Å². The van der Waals surface area contributed by atoms with E-state index in [-0.39, 0.29) is 30.9 Å². The Morgan fingerprint density at radius 2 is 2.17 bits per heavy atom. The highest BCUT2D eigenvalue weighted by Crippen LogP contribution is 2.39. The van der Waals surface area contributed by atoms with Crippen LogP contribution in [0.1, 0.15) is 36.4 Å². The fourth-order valence-corrected chi connectivity index (χ4v) is 3.72. The summed E-state index contributed by atoms with van der Waals surface area (Å²) < 4.78 is 21.6. The minimum atomic E-state index is -0.283. The third kappa shape index (κ3) is 4.29. The lowest BCUT2D eigenvalue weighted by Gasteiger charge is -2.27. The maximum atomic E-state index is 14.0. The molecule has 0 aliphatic carbocycles.